The van der Waals surface area contributed by atoms with Crippen LogP contribution in [0.4, 0.5) is 0 Å². The van der Waals surface area contributed by atoms with E-state index in [-0.39, 0.29) is 0 Å². The molecule has 2 aromatic heterocycles. The fourth-order valence-electron chi connectivity index (χ4n) is 2.34. The maximum Gasteiger partial charge on any atom is 0.163 e. The number of ether oxygens (including phenoxy) is 2. The summed E-state index contributed by atoms with van der Waals surface area (Å²) in [5.74, 6) is 1.36. The second kappa shape index (κ2) is 6.71. The number of methoxy groups -OCH3 is 1. The van der Waals surface area contributed by atoms with E-state index in [1.165, 1.54) is 0 Å². The predicted molar refractivity (Wildman–Crippen MR) is 87.8 cm³/mol. The highest BCUT2D eigenvalue weighted by Crippen LogP contribution is 2.34. The molecule has 0 N–H and O–H groups in total. The van der Waals surface area contributed by atoms with Crippen molar-refractivity contribution in [3.05, 3.63) is 53.9 Å². The molecule has 0 saturated carbocycles. The number of pyridine rings is 1. The van der Waals surface area contributed by atoms with Gasteiger partial charge in [0, 0.05) is 36.6 Å². The molecule has 0 aliphatic carbocycles. The van der Waals surface area contributed by atoms with Crippen LogP contribution in [0.3, 0.4) is 0 Å². The summed E-state index contributed by atoms with van der Waals surface area (Å²) in [6.45, 7) is 1.54. The molecule has 0 amide bonds. The van der Waals surface area contributed by atoms with Gasteiger partial charge in [-0.25, -0.2) is 0 Å². The molecule has 0 aliphatic heterocycles. The van der Waals surface area contributed by atoms with Crippen LogP contribution in [-0.2, 0) is 6.54 Å². The van der Waals surface area contributed by atoms with Crippen LogP contribution in [0.25, 0.3) is 10.9 Å². The first-order chi connectivity index (χ1) is 10.8. The average Bonchev–Trinajstić information content (AvgIpc) is 3.04. The lowest BCUT2D eigenvalue weighted by Gasteiger charge is -2.12. The molecule has 0 atom stereocenters. The molecule has 22 heavy (non-hydrogen) atoms. The topological polar surface area (TPSA) is 36.3 Å². The molecule has 5 heteroatoms. The number of aromatic nitrogens is 2. The number of halogens is 1. The zero-order chi connectivity index (χ0) is 15.4. The van der Waals surface area contributed by atoms with Crippen LogP contribution in [0.1, 0.15) is 6.42 Å². The van der Waals surface area contributed by atoms with Crippen LogP contribution < -0.4 is 9.47 Å². The van der Waals surface area contributed by atoms with Gasteiger partial charge in [0.25, 0.3) is 0 Å². The van der Waals surface area contributed by atoms with Gasteiger partial charge in [-0.15, -0.1) is 0 Å². The maximum absolute atomic E-state index is 6.18. The van der Waals surface area contributed by atoms with E-state index in [0.29, 0.717) is 23.1 Å². The quantitative estimate of drug-likeness (QED) is 0.640. The normalized spacial score (nSPS) is 10.8. The summed E-state index contributed by atoms with van der Waals surface area (Å²) in [6.07, 6.45) is 6.69. The van der Waals surface area contributed by atoms with Crippen molar-refractivity contribution in [1.29, 1.82) is 0 Å². The van der Waals surface area contributed by atoms with Gasteiger partial charge in [-0.3, -0.25) is 4.98 Å². The summed E-state index contributed by atoms with van der Waals surface area (Å²) in [7, 11) is 1.62. The maximum atomic E-state index is 6.18. The first-order valence-electron chi connectivity index (χ1n) is 7.14. The average molecular weight is 317 g/mol. The van der Waals surface area contributed by atoms with E-state index in [4.69, 9.17) is 21.1 Å². The second-order valence-electron chi connectivity index (χ2n) is 4.94. The lowest BCUT2D eigenvalue weighted by atomic mass is 10.2. The standard InChI is InChI=1S/C17H17ClN2O2/c1-21-16-11-13-14(18)5-6-19-15(13)12-17(16)22-10-4-9-20-7-2-3-8-20/h2-3,5-8,11-12H,4,9-10H2,1H3. The monoisotopic (exact) mass is 316 g/mol. The van der Waals surface area contributed by atoms with E-state index >= 15 is 0 Å². The Kier molecular flexibility index (Phi) is 4.49. The molecule has 0 unspecified atom stereocenters. The third-order valence-corrected chi connectivity index (χ3v) is 3.79. The molecule has 0 saturated heterocycles. The van der Waals surface area contributed by atoms with Crippen molar-refractivity contribution < 1.29 is 9.47 Å². The third-order valence-electron chi connectivity index (χ3n) is 3.46. The van der Waals surface area contributed by atoms with Crippen molar-refractivity contribution in [3.8, 4) is 11.5 Å². The molecular weight excluding hydrogens is 300 g/mol. The Balaban J connectivity index is 1.72. The molecule has 114 valence electrons. The van der Waals surface area contributed by atoms with E-state index in [0.717, 1.165) is 23.9 Å². The van der Waals surface area contributed by atoms with E-state index in [9.17, 15) is 0 Å². The molecule has 3 rings (SSSR count). The minimum atomic E-state index is 0.612. The van der Waals surface area contributed by atoms with Crippen molar-refractivity contribution in [3.63, 3.8) is 0 Å². The van der Waals surface area contributed by atoms with Gasteiger partial charge in [-0.05, 0) is 30.7 Å². The van der Waals surface area contributed by atoms with Crippen molar-refractivity contribution in [1.82, 2.24) is 9.55 Å². The SMILES string of the molecule is COc1cc2c(Cl)ccnc2cc1OCCCn1cccc1. The van der Waals surface area contributed by atoms with Gasteiger partial charge in [0.05, 0.1) is 24.3 Å². The fraction of sp³-hybridized carbons (Fsp3) is 0.235. The van der Waals surface area contributed by atoms with Crippen LogP contribution in [0.5, 0.6) is 11.5 Å². The Morgan fingerprint density at radius 3 is 2.77 bits per heavy atom. The molecule has 0 fully saturated rings. The van der Waals surface area contributed by atoms with Gasteiger partial charge in [0.15, 0.2) is 11.5 Å². The Morgan fingerprint density at radius 2 is 2.00 bits per heavy atom. The minimum Gasteiger partial charge on any atom is -0.493 e. The molecule has 3 aromatic rings. The van der Waals surface area contributed by atoms with Gasteiger partial charge in [0.1, 0.15) is 0 Å². The van der Waals surface area contributed by atoms with Gasteiger partial charge >= 0.3 is 0 Å². The Labute approximate surface area is 134 Å². The van der Waals surface area contributed by atoms with Crippen LogP contribution in [0.15, 0.2) is 48.9 Å². The summed E-state index contributed by atoms with van der Waals surface area (Å²) >= 11 is 6.18. The molecular formula is C17H17ClN2O2. The summed E-state index contributed by atoms with van der Waals surface area (Å²) in [4.78, 5) is 4.32. The highest BCUT2D eigenvalue weighted by Gasteiger charge is 2.09. The number of nitrogens with zero attached hydrogens (tertiary/aromatic N) is 2. The number of hydrogen-bond donors (Lipinski definition) is 0. The van der Waals surface area contributed by atoms with Crippen LogP contribution in [0, 0.1) is 0 Å². The second-order valence-corrected chi connectivity index (χ2v) is 5.34. The highest BCUT2D eigenvalue weighted by molar-refractivity contribution is 6.35. The van der Waals surface area contributed by atoms with Crippen LogP contribution in [0.2, 0.25) is 5.02 Å². The van der Waals surface area contributed by atoms with Crippen molar-refractivity contribution in [2.75, 3.05) is 13.7 Å². The largest absolute Gasteiger partial charge is 0.493 e. The summed E-state index contributed by atoms with van der Waals surface area (Å²) in [6, 6.07) is 9.54. The van der Waals surface area contributed by atoms with E-state index in [2.05, 4.69) is 9.55 Å². The number of hydrogen-bond acceptors (Lipinski definition) is 3. The molecule has 0 aliphatic rings. The minimum absolute atomic E-state index is 0.612. The van der Waals surface area contributed by atoms with Gasteiger partial charge in [0.2, 0.25) is 0 Å². The summed E-state index contributed by atoms with van der Waals surface area (Å²) < 4.78 is 13.4. The van der Waals surface area contributed by atoms with E-state index in [1.807, 2.05) is 36.7 Å². The highest BCUT2D eigenvalue weighted by atomic mass is 35.5. The Hall–Kier alpha value is -2.20. The summed E-state index contributed by atoms with van der Waals surface area (Å²) in [5, 5.41) is 1.52. The number of rotatable bonds is 6. The van der Waals surface area contributed by atoms with Gasteiger partial charge in [-0.1, -0.05) is 11.6 Å². The lowest BCUT2D eigenvalue weighted by molar-refractivity contribution is 0.283. The Bertz CT molecular complexity index is 757. The van der Waals surface area contributed by atoms with Crippen LogP contribution in [-0.4, -0.2) is 23.3 Å². The fourth-order valence-corrected chi connectivity index (χ4v) is 2.55. The molecule has 0 bridgehead atoms. The molecule has 0 radical (unpaired) electrons. The zero-order valence-corrected chi connectivity index (χ0v) is 13.1. The van der Waals surface area contributed by atoms with Crippen molar-refractivity contribution >= 4 is 22.5 Å². The third kappa shape index (κ3) is 3.17. The first-order valence-corrected chi connectivity index (χ1v) is 7.51. The van der Waals surface area contributed by atoms with E-state index in [1.54, 1.807) is 19.4 Å². The van der Waals surface area contributed by atoms with Gasteiger partial charge < -0.3 is 14.0 Å². The summed E-state index contributed by atoms with van der Waals surface area (Å²) in [5.41, 5.74) is 0.800. The Morgan fingerprint density at radius 1 is 1.18 bits per heavy atom. The molecule has 4 nitrogen and oxygen atoms in total. The number of benzene rings is 1. The number of aryl methyl sites for hydroxylation is 1. The number of fused-ring (bicyclic) bond motifs is 1. The zero-order valence-electron chi connectivity index (χ0n) is 12.3. The lowest BCUT2D eigenvalue weighted by Crippen LogP contribution is -2.04. The van der Waals surface area contributed by atoms with E-state index < -0.39 is 0 Å². The molecule has 2 heterocycles. The smallest absolute Gasteiger partial charge is 0.163 e. The van der Waals surface area contributed by atoms with Gasteiger partial charge in [-0.2, -0.15) is 0 Å². The first kappa shape index (κ1) is 14.7. The van der Waals surface area contributed by atoms with Crippen molar-refractivity contribution in [2.45, 2.75) is 13.0 Å². The molecule has 0 spiro atoms. The predicted octanol–water partition coefficient (Wildman–Crippen LogP) is 4.17. The molecule has 1 aromatic carbocycles. The van der Waals surface area contributed by atoms with Crippen LogP contribution >= 0.6 is 11.6 Å². The van der Waals surface area contributed by atoms with Crippen molar-refractivity contribution in [2.24, 2.45) is 0 Å².